The van der Waals surface area contributed by atoms with Gasteiger partial charge in [0.2, 0.25) is 0 Å². The average molecular weight is 225 g/mol. The molecule has 0 amide bonds. The van der Waals surface area contributed by atoms with Crippen LogP contribution >= 0.6 is 0 Å². The van der Waals surface area contributed by atoms with Crippen LogP contribution in [0.25, 0.3) is 0 Å². The first-order valence-corrected chi connectivity index (χ1v) is 7.04. The highest BCUT2D eigenvalue weighted by molar-refractivity contribution is 4.79. The van der Waals surface area contributed by atoms with Gasteiger partial charge in [-0.05, 0) is 56.8 Å². The Labute approximate surface area is 99.9 Å². The van der Waals surface area contributed by atoms with Crippen molar-refractivity contribution in [2.24, 2.45) is 17.6 Å². The maximum Gasteiger partial charge on any atom is 0.0584 e. The summed E-state index contributed by atoms with van der Waals surface area (Å²) in [5.74, 6) is 1.69. The SMILES string of the molecule is CC1CC(C)CC(OC2CCC(N)CC2)C1. The summed E-state index contributed by atoms with van der Waals surface area (Å²) in [5.41, 5.74) is 5.92. The molecule has 2 aliphatic rings. The van der Waals surface area contributed by atoms with Crippen LogP contribution in [0, 0.1) is 11.8 Å². The standard InChI is InChI=1S/C14H27NO/c1-10-7-11(2)9-14(8-10)16-13-5-3-12(15)4-6-13/h10-14H,3-9,15H2,1-2H3. The van der Waals surface area contributed by atoms with Crippen LogP contribution in [0.2, 0.25) is 0 Å². The predicted molar refractivity (Wildman–Crippen MR) is 67.3 cm³/mol. The molecule has 2 nitrogen and oxygen atoms in total. The first-order chi connectivity index (χ1) is 7.63. The van der Waals surface area contributed by atoms with Crippen LogP contribution in [0.15, 0.2) is 0 Å². The van der Waals surface area contributed by atoms with Crippen molar-refractivity contribution in [2.75, 3.05) is 0 Å². The molecule has 2 rings (SSSR count). The summed E-state index contributed by atoms with van der Waals surface area (Å²) < 4.78 is 6.27. The number of rotatable bonds is 2. The van der Waals surface area contributed by atoms with E-state index in [1.54, 1.807) is 0 Å². The molecule has 2 fully saturated rings. The minimum Gasteiger partial charge on any atom is -0.375 e. The van der Waals surface area contributed by atoms with Crippen LogP contribution in [0.4, 0.5) is 0 Å². The van der Waals surface area contributed by atoms with E-state index < -0.39 is 0 Å². The Morgan fingerprint density at radius 3 is 1.94 bits per heavy atom. The van der Waals surface area contributed by atoms with Gasteiger partial charge in [-0.3, -0.25) is 0 Å². The second-order valence-electron chi connectivity index (χ2n) is 6.21. The van der Waals surface area contributed by atoms with Gasteiger partial charge in [0.1, 0.15) is 0 Å². The van der Waals surface area contributed by atoms with Crippen LogP contribution in [0.3, 0.4) is 0 Å². The molecule has 0 aromatic heterocycles. The second-order valence-corrected chi connectivity index (χ2v) is 6.21. The number of nitrogens with two attached hydrogens (primary N) is 1. The summed E-state index contributed by atoms with van der Waals surface area (Å²) in [6, 6.07) is 0.434. The smallest absolute Gasteiger partial charge is 0.0584 e. The maximum atomic E-state index is 6.27. The summed E-state index contributed by atoms with van der Waals surface area (Å²) in [5, 5.41) is 0. The fourth-order valence-corrected chi connectivity index (χ4v) is 3.48. The molecule has 16 heavy (non-hydrogen) atoms. The van der Waals surface area contributed by atoms with E-state index in [-0.39, 0.29) is 0 Å². The number of hydrogen-bond acceptors (Lipinski definition) is 2. The first kappa shape index (κ1) is 12.4. The van der Waals surface area contributed by atoms with Gasteiger partial charge in [0.25, 0.3) is 0 Å². The minimum absolute atomic E-state index is 0.434. The van der Waals surface area contributed by atoms with Crippen molar-refractivity contribution >= 4 is 0 Å². The molecule has 0 aromatic carbocycles. The molecule has 2 atom stereocenters. The Kier molecular flexibility index (Phi) is 4.26. The van der Waals surface area contributed by atoms with Gasteiger partial charge in [-0.15, -0.1) is 0 Å². The predicted octanol–water partition coefficient (Wildman–Crippen LogP) is 3.10. The van der Waals surface area contributed by atoms with E-state index in [0.717, 1.165) is 24.7 Å². The van der Waals surface area contributed by atoms with Gasteiger partial charge in [0.05, 0.1) is 12.2 Å². The van der Waals surface area contributed by atoms with Crippen molar-refractivity contribution < 1.29 is 4.74 Å². The second kappa shape index (κ2) is 5.50. The largest absolute Gasteiger partial charge is 0.375 e. The van der Waals surface area contributed by atoms with Gasteiger partial charge >= 0.3 is 0 Å². The Balaban J connectivity index is 1.76. The van der Waals surface area contributed by atoms with Crippen LogP contribution in [0.5, 0.6) is 0 Å². The van der Waals surface area contributed by atoms with E-state index in [0.29, 0.717) is 18.2 Å². The van der Waals surface area contributed by atoms with Crippen LogP contribution in [-0.4, -0.2) is 18.2 Å². The lowest BCUT2D eigenvalue weighted by atomic mass is 9.81. The molecule has 0 heterocycles. The lowest BCUT2D eigenvalue weighted by Crippen LogP contribution is -2.35. The third-order valence-electron chi connectivity index (χ3n) is 4.24. The third kappa shape index (κ3) is 3.46. The first-order valence-electron chi connectivity index (χ1n) is 7.04. The van der Waals surface area contributed by atoms with Gasteiger partial charge in [0.15, 0.2) is 0 Å². The van der Waals surface area contributed by atoms with Crippen molar-refractivity contribution in [3.8, 4) is 0 Å². The van der Waals surface area contributed by atoms with E-state index >= 15 is 0 Å². The molecule has 2 heteroatoms. The summed E-state index contributed by atoms with van der Waals surface area (Å²) in [4.78, 5) is 0. The Morgan fingerprint density at radius 2 is 1.38 bits per heavy atom. The molecule has 2 aliphatic carbocycles. The summed E-state index contributed by atoms with van der Waals surface area (Å²) in [6.45, 7) is 4.73. The van der Waals surface area contributed by atoms with Crippen molar-refractivity contribution in [1.29, 1.82) is 0 Å². The van der Waals surface area contributed by atoms with E-state index in [4.69, 9.17) is 10.5 Å². The summed E-state index contributed by atoms with van der Waals surface area (Å²) >= 11 is 0. The highest BCUT2D eigenvalue weighted by atomic mass is 16.5. The highest BCUT2D eigenvalue weighted by Crippen LogP contribution is 2.32. The highest BCUT2D eigenvalue weighted by Gasteiger charge is 2.28. The van der Waals surface area contributed by atoms with Crippen LogP contribution in [-0.2, 0) is 4.74 Å². The van der Waals surface area contributed by atoms with Gasteiger partial charge in [0, 0.05) is 6.04 Å². The molecule has 2 N–H and O–H groups in total. The van der Waals surface area contributed by atoms with Gasteiger partial charge in [-0.2, -0.15) is 0 Å². The monoisotopic (exact) mass is 225 g/mol. The number of ether oxygens (including phenoxy) is 1. The normalized spacial score (nSPS) is 45.6. The molecular formula is C14H27NO. The summed E-state index contributed by atoms with van der Waals surface area (Å²) in [7, 11) is 0. The quantitative estimate of drug-likeness (QED) is 0.783. The Bertz CT molecular complexity index is 201. The molecule has 0 aliphatic heterocycles. The van der Waals surface area contributed by atoms with Crippen LogP contribution in [0.1, 0.15) is 58.8 Å². The zero-order valence-corrected chi connectivity index (χ0v) is 10.8. The fourth-order valence-electron chi connectivity index (χ4n) is 3.48. The van der Waals surface area contributed by atoms with E-state index in [2.05, 4.69) is 13.8 Å². The van der Waals surface area contributed by atoms with E-state index in [9.17, 15) is 0 Å². The Morgan fingerprint density at radius 1 is 0.812 bits per heavy atom. The maximum absolute atomic E-state index is 6.27. The fraction of sp³-hybridized carbons (Fsp3) is 1.00. The average Bonchev–Trinajstić information content (AvgIpc) is 2.20. The molecule has 2 unspecified atom stereocenters. The van der Waals surface area contributed by atoms with Crippen LogP contribution < -0.4 is 5.73 Å². The molecule has 94 valence electrons. The van der Waals surface area contributed by atoms with E-state index in [1.165, 1.54) is 32.1 Å². The lowest BCUT2D eigenvalue weighted by Gasteiger charge is -2.35. The molecular weight excluding hydrogens is 198 g/mol. The summed E-state index contributed by atoms with van der Waals surface area (Å²) in [6.07, 6.45) is 9.63. The van der Waals surface area contributed by atoms with Gasteiger partial charge < -0.3 is 10.5 Å². The molecule has 2 saturated carbocycles. The van der Waals surface area contributed by atoms with Crippen molar-refractivity contribution in [1.82, 2.24) is 0 Å². The van der Waals surface area contributed by atoms with Crippen molar-refractivity contribution in [3.63, 3.8) is 0 Å². The van der Waals surface area contributed by atoms with Gasteiger partial charge in [-0.1, -0.05) is 13.8 Å². The minimum atomic E-state index is 0.434. The zero-order valence-electron chi connectivity index (χ0n) is 10.8. The lowest BCUT2D eigenvalue weighted by molar-refractivity contribution is -0.0633. The van der Waals surface area contributed by atoms with Gasteiger partial charge in [-0.25, -0.2) is 0 Å². The topological polar surface area (TPSA) is 35.2 Å². The third-order valence-corrected chi connectivity index (χ3v) is 4.24. The van der Waals surface area contributed by atoms with Crippen molar-refractivity contribution in [3.05, 3.63) is 0 Å². The van der Waals surface area contributed by atoms with Crippen molar-refractivity contribution in [2.45, 2.75) is 77.0 Å². The molecule has 0 bridgehead atoms. The van der Waals surface area contributed by atoms with E-state index in [1.807, 2.05) is 0 Å². The molecule has 0 spiro atoms. The molecule has 0 aromatic rings. The molecule has 0 saturated heterocycles. The molecule has 0 radical (unpaired) electrons. The number of hydrogen-bond donors (Lipinski definition) is 1. The Hall–Kier alpha value is -0.0800. The zero-order chi connectivity index (χ0) is 11.5.